The lowest BCUT2D eigenvalue weighted by Crippen LogP contribution is -2.34. The van der Waals surface area contributed by atoms with Crippen molar-refractivity contribution in [3.05, 3.63) is 82.9 Å². The molecule has 1 aliphatic rings. The molecule has 0 saturated heterocycles. The Hall–Kier alpha value is -2.33. The van der Waals surface area contributed by atoms with Gasteiger partial charge in [0.15, 0.2) is 0 Å². The van der Waals surface area contributed by atoms with E-state index in [9.17, 15) is 4.79 Å². The second-order valence-electron chi connectivity index (χ2n) is 5.74. The highest BCUT2D eigenvalue weighted by molar-refractivity contribution is 8.02. The van der Waals surface area contributed by atoms with E-state index >= 15 is 0 Å². The molecule has 0 radical (unpaired) electrons. The highest BCUT2D eigenvalue weighted by Gasteiger charge is 2.37. The molecular weight excluding hydrogens is 330 g/mol. The third-order valence-corrected chi connectivity index (χ3v) is 4.86. The lowest BCUT2D eigenvalue weighted by Gasteiger charge is -2.29. The molecule has 2 aromatic rings. The molecule has 2 atom stereocenters. The summed E-state index contributed by atoms with van der Waals surface area (Å²) in [5.74, 6) is -0.758. The molecule has 0 fully saturated rings. The highest BCUT2D eigenvalue weighted by atomic mass is 32.2. The van der Waals surface area contributed by atoms with Gasteiger partial charge in [-0.2, -0.15) is 0 Å². The molecule has 128 valence electrons. The molecule has 4 heteroatoms. The van der Waals surface area contributed by atoms with Crippen molar-refractivity contribution in [3.8, 4) is 0 Å². The van der Waals surface area contributed by atoms with Gasteiger partial charge in [-0.3, -0.25) is 4.79 Å². The Bertz CT molecular complexity index is 784. The quantitative estimate of drug-likeness (QED) is 0.736. The van der Waals surface area contributed by atoms with E-state index < -0.39 is 5.92 Å². The SMILES string of the molecule is CCOC(=O)C1C(c2ccccc2)=NC(SC)=CC1c1ccccc1. The Balaban J connectivity index is 2.12. The molecule has 1 aliphatic heterocycles. The fourth-order valence-electron chi connectivity index (χ4n) is 3.07. The van der Waals surface area contributed by atoms with Crippen LogP contribution in [0.1, 0.15) is 24.0 Å². The summed E-state index contributed by atoms with van der Waals surface area (Å²) in [5.41, 5.74) is 2.83. The van der Waals surface area contributed by atoms with Crippen LogP contribution in [0, 0.1) is 5.92 Å². The summed E-state index contributed by atoms with van der Waals surface area (Å²) < 4.78 is 5.40. The van der Waals surface area contributed by atoms with E-state index in [4.69, 9.17) is 9.73 Å². The first-order valence-corrected chi connectivity index (χ1v) is 9.58. The predicted molar refractivity (Wildman–Crippen MR) is 104 cm³/mol. The summed E-state index contributed by atoms with van der Waals surface area (Å²) in [7, 11) is 0. The number of hydrogen-bond acceptors (Lipinski definition) is 4. The van der Waals surface area contributed by atoms with Crippen LogP contribution >= 0.6 is 11.8 Å². The Morgan fingerprint density at radius 3 is 2.32 bits per heavy atom. The van der Waals surface area contributed by atoms with Crippen LogP contribution in [0.25, 0.3) is 0 Å². The van der Waals surface area contributed by atoms with Crippen LogP contribution in [-0.4, -0.2) is 24.5 Å². The maximum absolute atomic E-state index is 12.8. The molecule has 2 aromatic carbocycles. The van der Waals surface area contributed by atoms with Gasteiger partial charge in [-0.25, -0.2) is 4.99 Å². The van der Waals surface area contributed by atoms with Gasteiger partial charge in [0.25, 0.3) is 0 Å². The van der Waals surface area contributed by atoms with E-state index in [-0.39, 0.29) is 11.9 Å². The van der Waals surface area contributed by atoms with Crippen molar-refractivity contribution in [1.82, 2.24) is 0 Å². The van der Waals surface area contributed by atoms with Gasteiger partial charge in [0.05, 0.1) is 17.3 Å². The van der Waals surface area contributed by atoms with Gasteiger partial charge in [-0.05, 0) is 30.4 Å². The van der Waals surface area contributed by atoms with Gasteiger partial charge in [0, 0.05) is 5.92 Å². The van der Waals surface area contributed by atoms with Gasteiger partial charge in [-0.1, -0.05) is 60.7 Å². The molecule has 25 heavy (non-hydrogen) atoms. The zero-order valence-electron chi connectivity index (χ0n) is 14.4. The van der Waals surface area contributed by atoms with Crippen molar-refractivity contribution < 1.29 is 9.53 Å². The molecule has 0 bridgehead atoms. The van der Waals surface area contributed by atoms with Crippen molar-refractivity contribution in [2.45, 2.75) is 12.8 Å². The van der Waals surface area contributed by atoms with Gasteiger partial charge < -0.3 is 4.74 Å². The molecule has 0 amide bonds. The van der Waals surface area contributed by atoms with E-state index in [0.29, 0.717) is 6.61 Å². The molecule has 0 spiro atoms. The number of esters is 1. The number of carbonyl (C=O) groups excluding carboxylic acids is 1. The van der Waals surface area contributed by atoms with E-state index in [1.54, 1.807) is 11.8 Å². The lowest BCUT2D eigenvalue weighted by atomic mass is 9.79. The largest absolute Gasteiger partial charge is 0.465 e. The van der Waals surface area contributed by atoms with Gasteiger partial charge >= 0.3 is 5.97 Å². The second-order valence-corrected chi connectivity index (χ2v) is 6.56. The average molecular weight is 351 g/mol. The Morgan fingerprint density at radius 2 is 1.72 bits per heavy atom. The topological polar surface area (TPSA) is 38.7 Å². The number of carbonyl (C=O) groups is 1. The fourth-order valence-corrected chi connectivity index (χ4v) is 3.54. The third kappa shape index (κ3) is 3.85. The number of allylic oxidation sites excluding steroid dienone is 1. The van der Waals surface area contributed by atoms with Gasteiger partial charge in [0.1, 0.15) is 5.92 Å². The standard InChI is InChI=1S/C21H21NO2S/c1-3-24-21(23)19-17(15-10-6-4-7-11-15)14-18(25-2)22-20(19)16-12-8-5-9-13-16/h4-14,17,19H,3H2,1-2H3. The minimum Gasteiger partial charge on any atom is -0.465 e. The number of aliphatic imine (C=N–C) groups is 1. The minimum absolute atomic E-state index is 0.0876. The normalized spacial score (nSPS) is 19.8. The molecule has 1 heterocycles. The van der Waals surface area contributed by atoms with Crippen molar-refractivity contribution in [3.63, 3.8) is 0 Å². The first-order chi connectivity index (χ1) is 12.2. The molecule has 0 aromatic heterocycles. The van der Waals surface area contributed by atoms with Crippen LogP contribution in [-0.2, 0) is 9.53 Å². The van der Waals surface area contributed by atoms with Crippen LogP contribution in [0.3, 0.4) is 0 Å². The summed E-state index contributed by atoms with van der Waals surface area (Å²) in [6, 6.07) is 20.0. The molecule has 0 aliphatic carbocycles. The predicted octanol–water partition coefficient (Wildman–Crippen LogP) is 4.66. The highest BCUT2D eigenvalue weighted by Crippen LogP contribution is 2.37. The molecular formula is C21H21NO2S. The zero-order chi connectivity index (χ0) is 17.6. The maximum atomic E-state index is 12.8. The van der Waals surface area contributed by atoms with Crippen molar-refractivity contribution >= 4 is 23.4 Å². The number of nitrogens with zero attached hydrogens (tertiary/aromatic N) is 1. The summed E-state index contributed by atoms with van der Waals surface area (Å²) in [4.78, 5) is 17.6. The van der Waals surface area contributed by atoms with Crippen molar-refractivity contribution in [2.24, 2.45) is 10.9 Å². The lowest BCUT2D eigenvalue weighted by molar-refractivity contribution is -0.145. The number of rotatable bonds is 5. The van der Waals surface area contributed by atoms with Crippen LogP contribution in [0.2, 0.25) is 0 Å². The Labute approximate surface area is 152 Å². The van der Waals surface area contributed by atoms with Crippen LogP contribution < -0.4 is 0 Å². The summed E-state index contributed by atoms with van der Waals surface area (Å²) in [6.45, 7) is 2.19. The fraction of sp³-hybridized carbons (Fsp3) is 0.238. The van der Waals surface area contributed by atoms with Crippen LogP contribution in [0.15, 0.2) is 76.8 Å². The Kier molecular flexibility index (Phi) is 5.71. The summed E-state index contributed by atoms with van der Waals surface area (Å²) >= 11 is 1.59. The molecule has 3 nitrogen and oxygen atoms in total. The minimum atomic E-state index is -0.444. The molecule has 3 rings (SSSR count). The van der Waals surface area contributed by atoms with Crippen LogP contribution in [0.5, 0.6) is 0 Å². The number of thioether (sulfide) groups is 1. The number of benzene rings is 2. The summed E-state index contributed by atoms with van der Waals surface area (Å²) in [6.07, 6.45) is 4.08. The molecule has 0 N–H and O–H groups in total. The van der Waals surface area contributed by atoms with Crippen molar-refractivity contribution in [2.75, 3.05) is 12.9 Å². The van der Waals surface area contributed by atoms with Gasteiger partial charge in [0.2, 0.25) is 0 Å². The van der Waals surface area contributed by atoms with Gasteiger partial charge in [-0.15, -0.1) is 11.8 Å². The Morgan fingerprint density at radius 1 is 1.08 bits per heavy atom. The number of hydrogen-bond donors (Lipinski definition) is 0. The second kappa shape index (κ2) is 8.17. The first kappa shape index (κ1) is 17.5. The smallest absolute Gasteiger partial charge is 0.315 e. The van der Waals surface area contributed by atoms with E-state index in [0.717, 1.165) is 21.9 Å². The number of ether oxygens (including phenoxy) is 1. The third-order valence-electron chi connectivity index (χ3n) is 4.21. The maximum Gasteiger partial charge on any atom is 0.315 e. The zero-order valence-corrected chi connectivity index (χ0v) is 15.2. The van der Waals surface area contributed by atoms with E-state index in [1.165, 1.54) is 0 Å². The van der Waals surface area contributed by atoms with E-state index in [2.05, 4.69) is 18.2 Å². The monoisotopic (exact) mass is 351 g/mol. The first-order valence-electron chi connectivity index (χ1n) is 8.36. The average Bonchev–Trinajstić information content (AvgIpc) is 2.68. The summed E-state index contributed by atoms with van der Waals surface area (Å²) in [5, 5.41) is 0.924. The van der Waals surface area contributed by atoms with Crippen LogP contribution in [0.4, 0.5) is 0 Å². The van der Waals surface area contributed by atoms with E-state index in [1.807, 2.05) is 61.7 Å². The molecule has 0 saturated carbocycles. The van der Waals surface area contributed by atoms with Crippen molar-refractivity contribution in [1.29, 1.82) is 0 Å². The molecule has 2 unspecified atom stereocenters.